The Kier molecular flexibility index (Phi) is 34.2. The zero-order valence-electron chi connectivity index (χ0n) is 48.6. The lowest BCUT2D eigenvalue weighted by Crippen LogP contribution is -2.45. The molecule has 1 saturated carbocycles. The van der Waals surface area contributed by atoms with E-state index >= 15 is 0 Å². The Morgan fingerprint density at radius 1 is 0.695 bits per heavy atom. The van der Waals surface area contributed by atoms with Gasteiger partial charge in [-0.1, -0.05) is 38.1 Å². The third-order valence-corrected chi connectivity index (χ3v) is 13.3. The number of esters is 1. The molecule has 1 aromatic heterocycles. The number of anilines is 1. The fraction of sp³-hybridized carbons (Fsp3) is 0.732. The molecule has 1 saturated heterocycles. The molecule has 4 rings (SSSR count). The van der Waals surface area contributed by atoms with Crippen LogP contribution in [-0.4, -0.2) is 206 Å². The number of carbonyl (C=O) groups excluding carboxylic acids is 7. The molecule has 1 aromatic carbocycles. The third-order valence-electron chi connectivity index (χ3n) is 13.3. The number of ether oxygens (including phenoxy) is 10. The zero-order valence-corrected chi connectivity index (χ0v) is 48.6. The van der Waals surface area contributed by atoms with Crippen molar-refractivity contribution < 1.29 is 80.9 Å². The highest BCUT2D eigenvalue weighted by Gasteiger charge is 2.45. The van der Waals surface area contributed by atoms with Gasteiger partial charge in [0, 0.05) is 38.0 Å². The van der Waals surface area contributed by atoms with E-state index in [9.17, 15) is 33.6 Å². The lowest BCUT2D eigenvalue weighted by molar-refractivity contribution is -0.143. The van der Waals surface area contributed by atoms with Crippen molar-refractivity contribution in [2.45, 2.75) is 105 Å². The van der Waals surface area contributed by atoms with Gasteiger partial charge in [-0.05, 0) is 80.5 Å². The number of imide groups is 1. The van der Waals surface area contributed by atoms with Gasteiger partial charge in [0.05, 0.1) is 131 Å². The topological polar surface area (TPSA) is 320 Å². The monoisotopic (exact) mass is 1160 g/mol. The van der Waals surface area contributed by atoms with Crippen LogP contribution < -0.4 is 27.0 Å². The smallest absolute Gasteiger partial charge is 0.302 e. The SMILES string of the molecule is CC(=O)OCc1ccc(NC(=O)C(CCCCN)NC(=O)COCC(=O)NCCOCCOCCOCCOCCOCCOCCOCCOCCn2cc(CNC(=O)C3CCC(CN4C(=O)CC(C(C)(C)C)C4=O)CC3)nn2)cc1. The summed E-state index contributed by atoms with van der Waals surface area (Å²) in [5.74, 6) is -2.07. The molecule has 2 aromatic rings. The summed E-state index contributed by atoms with van der Waals surface area (Å²) in [6, 6.07) is 5.95. The number of aromatic nitrogens is 3. The highest BCUT2D eigenvalue weighted by molar-refractivity contribution is 6.04. The van der Waals surface area contributed by atoms with Gasteiger partial charge in [-0.25, -0.2) is 4.68 Å². The second kappa shape index (κ2) is 40.6. The highest BCUT2D eigenvalue weighted by Crippen LogP contribution is 2.37. The first-order valence-corrected chi connectivity index (χ1v) is 28.6. The van der Waals surface area contributed by atoms with Crippen LogP contribution in [0.2, 0.25) is 0 Å². The van der Waals surface area contributed by atoms with Crippen LogP contribution in [0.4, 0.5) is 5.69 Å². The van der Waals surface area contributed by atoms with Gasteiger partial charge in [0.25, 0.3) is 0 Å². The van der Waals surface area contributed by atoms with Crippen LogP contribution in [0, 0.1) is 23.2 Å². The van der Waals surface area contributed by atoms with Crippen molar-refractivity contribution in [1.29, 1.82) is 0 Å². The van der Waals surface area contributed by atoms with Crippen LogP contribution in [0.1, 0.15) is 90.3 Å². The molecule has 2 fully saturated rings. The Hall–Kier alpha value is -5.55. The number of likely N-dealkylation sites (tertiary alicyclic amines) is 1. The Balaban J connectivity index is 0.838. The summed E-state index contributed by atoms with van der Waals surface area (Å²) >= 11 is 0. The molecule has 2 aliphatic rings. The Morgan fingerprint density at radius 2 is 1.24 bits per heavy atom. The molecule has 2 atom stereocenters. The van der Waals surface area contributed by atoms with E-state index in [4.69, 9.17) is 53.1 Å². The number of hydrogen-bond donors (Lipinski definition) is 5. The van der Waals surface area contributed by atoms with Crippen LogP contribution >= 0.6 is 0 Å². The average molecular weight is 1160 g/mol. The minimum atomic E-state index is -0.841. The van der Waals surface area contributed by atoms with Gasteiger partial charge in [-0.3, -0.25) is 38.5 Å². The van der Waals surface area contributed by atoms with Crippen molar-refractivity contribution in [3.63, 3.8) is 0 Å². The van der Waals surface area contributed by atoms with Crippen LogP contribution in [0.15, 0.2) is 30.5 Å². The lowest BCUT2D eigenvalue weighted by atomic mass is 9.79. The number of amides is 6. The van der Waals surface area contributed by atoms with E-state index in [2.05, 4.69) is 31.6 Å². The molecule has 26 heteroatoms. The molecular weight excluding hydrogens is 1070 g/mol. The first kappa shape index (κ1) is 68.9. The third kappa shape index (κ3) is 29.6. The molecule has 1 aliphatic heterocycles. The van der Waals surface area contributed by atoms with Gasteiger partial charge in [-0.15, -0.1) is 5.10 Å². The Bertz CT molecular complexity index is 2170. The molecule has 2 unspecified atom stereocenters. The molecule has 2 heterocycles. The summed E-state index contributed by atoms with van der Waals surface area (Å²) in [5, 5.41) is 19.4. The van der Waals surface area contributed by atoms with Crippen LogP contribution in [0.3, 0.4) is 0 Å². The van der Waals surface area contributed by atoms with Gasteiger partial charge in [0.1, 0.15) is 31.6 Å². The van der Waals surface area contributed by atoms with Crippen LogP contribution in [-0.2, 0) is 101 Å². The molecule has 0 bridgehead atoms. The summed E-state index contributed by atoms with van der Waals surface area (Å²) in [5.41, 5.74) is 7.29. The minimum absolute atomic E-state index is 0.0109. The molecule has 6 amide bonds. The Morgan fingerprint density at radius 3 is 1.78 bits per heavy atom. The maximum Gasteiger partial charge on any atom is 0.302 e. The summed E-state index contributed by atoms with van der Waals surface area (Å²) in [7, 11) is 0. The number of rotatable bonds is 45. The van der Waals surface area contributed by atoms with Gasteiger partial charge in [0.15, 0.2) is 0 Å². The molecular formula is C56H91N9O17. The number of nitrogens with one attached hydrogen (secondary N) is 4. The number of nitrogens with two attached hydrogens (primary N) is 1. The van der Waals surface area contributed by atoms with Crippen molar-refractivity contribution in [2.75, 3.05) is 144 Å². The van der Waals surface area contributed by atoms with Crippen LogP contribution in [0.5, 0.6) is 0 Å². The summed E-state index contributed by atoms with van der Waals surface area (Å²) < 4.78 is 56.2. The molecule has 0 spiro atoms. The second-order valence-corrected chi connectivity index (χ2v) is 21.0. The average Bonchev–Trinajstić information content (AvgIpc) is 4.20. The lowest BCUT2D eigenvalue weighted by Gasteiger charge is -2.31. The van der Waals surface area contributed by atoms with Gasteiger partial charge in [-0.2, -0.15) is 0 Å². The van der Waals surface area contributed by atoms with E-state index < -0.39 is 36.3 Å². The van der Waals surface area contributed by atoms with Gasteiger partial charge >= 0.3 is 5.97 Å². The van der Waals surface area contributed by atoms with Crippen molar-refractivity contribution in [2.24, 2.45) is 28.9 Å². The summed E-state index contributed by atoms with van der Waals surface area (Å²) in [6.45, 7) is 15.1. The number of benzene rings is 1. The van der Waals surface area contributed by atoms with Crippen molar-refractivity contribution in [3.8, 4) is 0 Å². The molecule has 26 nitrogen and oxygen atoms in total. The van der Waals surface area contributed by atoms with E-state index in [0.717, 1.165) is 31.2 Å². The molecule has 6 N–H and O–H groups in total. The van der Waals surface area contributed by atoms with Crippen molar-refractivity contribution in [3.05, 3.63) is 41.7 Å². The first-order valence-electron chi connectivity index (χ1n) is 28.6. The zero-order chi connectivity index (χ0) is 59.2. The van der Waals surface area contributed by atoms with Crippen molar-refractivity contribution >= 4 is 47.1 Å². The van der Waals surface area contributed by atoms with E-state index in [1.807, 2.05) is 20.8 Å². The van der Waals surface area contributed by atoms with Crippen LogP contribution in [0.25, 0.3) is 0 Å². The fourth-order valence-corrected chi connectivity index (χ4v) is 8.71. The largest absolute Gasteiger partial charge is 0.461 e. The van der Waals surface area contributed by atoms with E-state index in [1.54, 1.807) is 35.1 Å². The summed E-state index contributed by atoms with van der Waals surface area (Å²) in [6.07, 6.45) is 6.79. The Labute approximate surface area is 481 Å². The number of hydrogen-bond acceptors (Lipinski definition) is 20. The van der Waals surface area contributed by atoms with E-state index in [0.29, 0.717) is 149 Å². The molecule has 462 valence electrons. The number of unbranched alkanes of at least 4 members (excludes halogenated alkanes) is 1. The normalized spacial score (nSPS) is 16.7. The number of nitrogens with zero attached hydrogens (tertiary/aromatic N) is 4. The summed E-state index contributed by atoms with van der Waals surface area (Å²) in [4.78, 5) is 88.6. The maximum atomic E-state index is 13.0. The molecule has 1 aliphatic carbocycles. The maximum absolute atomic E-state index is 13.0. The first-order chi connectivity index (χ1) is 39.6. The predicted octanol–water partition coefficient (Wildman–Crippen LogP) is 1.70. The van der Waals surface area contributed by atoms with E-state index in [-0.39, 0.29) is 80.2 Å². The second-order valence-electron chi connectivity index (χ2n) is 21.0. The van der Waals surface area contributed by atoms with Gasteiger partial charge < -0.3 is 74.4 Å². The standard InChI is InChI=1S/C56H91N9O17/c1-42(66)82-39-44-10-14-46(15-11-44)60-54(71)49(7-5-6-16-57)61-51(68)41-81-40-50(67)58-17-19-73-21-23-75-25-27-77-29-31-79-33-34-80-32-30-78-28-26-76-24-22-74-20-18-64-38-47(62-63-64)36-59-53(70)45-12-8-43(9-13-45)37-65-52(69)35-48(55(65)72)56(2,3)4/h10-11,14-15,38,43,45,48-49H,5-9,12-13,16-37,39-41,57H2,1-4H3,(H,58,67)(H,59,70)(H,60,71)(H,61,68). The van der Waals surface area contributed by atoms with Gasteiger partial charge in [0.2, 0.25) is 35.4 Å². The quantitative estimate of drug-likeness (QED) is 0.0358. The predicted molar refractivity (Wildman–Crippen MR) is 297 cm³/mol. The van der Waals surface area contributed by atoms with Crippen molar-refractivity contribution in [1.82, 2.24) is 35.8 Å². The molecule has 0 radical (unpaired) electrons. The fourth-order valence-electron chi connectivity index (χ4n) is 8.71. The molecule has 82 heavy (non-hydrogen) atoms. The number of carbonyl (C=O) groups is 7. The van der Waals surface area contributed by atoms with E-state index in [1.165, 1.54) is 11.8 Å². The minimum Gasteiger partial charge on any atom is -0.461 e. The highest BCUT2D eigenvalue weighted by atomic mass is 16.6.